The Hall–Kier alpha value is -2.04. The van der Waals surface area contributed by atoms with E-state index in [9.17, 15) is 9.59 Å². The molecular formula is C13H14O5. The van der Waals surface area contributed by atoms with E-state index >= 15 is 0 Å². The van der Waals surface area contributed by atoms with Crippen molar-refractivity contribution in [2.75, 3.05) is 20.3 Å². The van der Waals surface area contributed by atoms with Crippen molar-refractivity contribution in [1.29, 1.82) is 0 Å². The SMILES string of the molecule is CCOC(=O)C(=O)c1cc2c(c(OC)c1)OCC2. The lowest BCUT2D eigenvalue weighted by molar-refractivity contribution is -0.137. The minimum Gasteiger partial charge on any atom is -0.493 e. The molecule has 1 aromatic rings. The van der Waals surface area contributed by atoms with Gasteiger partial charge in [0.2, 0.25) is 0 Å². The largest absolute Gasteiger partial charge is 0.493 e. The molecule has 0 aliphatic carbocycles. The second-order valence-electron chi connectivity index (χ2n) is 3.81. The molecule has 0 radical (unpaired) electrons. The molecule has 18 heavy (non-hydrogen) atoms. The molecule has 0 saturated heterocycles. The number of hydrogen-bond acceptors (Lipinski definition) is 5. The first-order valence-corrected chi connectivity index (χ1v) is 5.72. The van der Waals surface area contributed by atoms with Crippen LogP contribution >= 0.6 is 0 Å². The lowest BCUT2D eigenvalue weighted by Gasteiger charge is -2.09. The fourth-order valence-electron chi connectivity index (χ4n) is 1.87. The number of Topliss-reactive ketones (excluding diaryl/α,β-unsaturated/α-hetero) is 1. The van der Waals surface area contributed by atoms with Gasteiger partial charge in [-0.1, -0.05) is 0 Å². The van der Waals surface area contributed by atoms with Gasteiger partial charge in [-0.2, -0.15) is 0 Å². The topological polar surface area (TPSA) is 61.8 Å². The van der Waals surface area contributed by atoms with E-state index in [1.807, 2.05) is 0 Å². The van der Waals surface area contributed by atoms with E-state index in [4.69, 9.17) is 14.2 Å². The molecule has 0 saturated carbocycles. The second kappa shape index (κ2) is 5.08. The van der Waals surface area contributed by atoms with Crippen molar-refractivity contribution in [2.24, 2.45) is 0 Å². The monoisotopic (exact) mass is 250 g/mol. The van der Waals surface area contributed by atoms with Crippen LogP contribution in [0.1, 0.15) is 22.8 Å². The number of ether oxygens (including phenoxy) is 3. The van der Waals surface area contributed by atoms with Crippen molar-refractivity contribution in [2.45, 2.75) is 13.3 Å². The molecule has 0 fully saturated rings. The number of benzene rings is 1. The molecule has 0 atom stereocenters. The molecular weight excluding hydrogens is 236 g/mol. The highest BCUT2D eigenvalue weighted by Gasteiger charge is 2.24. The Morgan fingerprint density at radius 3 is 2.83 bits per heavy atom. The summed E-state index contributed by atoms with van der Waals surface area (Å²) in [4.78, 5) is 23.2. The van der Waals surface area contributed by atoms with Crippen molar-refractivity contribution in [3.05, 3.63) is 23.3 Å². The number of carbonyl (C=O) groups excluding carboxylic acids is 2. The molecule has 0 amide bonds. The van der Waals surface area contributed by atoms with Gasteiger partial charge in [0.05, 0.1) is 20.3 Å². The molecule has 1 heterocycles. The summed E-state index contributed by atoms with van der Waals surface area (Å²) in [6.07, 6.45) is 0.704. The Labute approximate surface area is 105 Å². The summed E-state index contributed by atoms with van der Waals surface area (Å²) in [5, 5.41) is 0. The number of hydrogen-bond donors (Lipinski definition) is 0. The zero-order valence-corrected chi connectivity index (χ0v) is 10.3. The second-order valence-corrected chi connectivity index (χ2v) is 3.81. The first-order chi connectivity index (χ1) is 8.67. The van der Waals surface area contributed by atoms with E-state index in [1.54, 1.807) is 13.0 Å². The molecule has 5 heteroatoms. The van der Waals surface area contributed by atoms with Crippen LogP contribution in [-0.4, -0.2) is 32.1 Å². The molecule has 0 unspecified atom stereocenters. The lowest BCUT2D eigenvalue weighted by atomic mass is 10.0. The van der Waals surface area contributed by atoms with Gasteiger partial charge >= 0.3 is 5.97 Å². The van der Waals surface area contributed by atoms with Crippen LogP contribution in [0.5, 0.6) is 11.5 Å². The van der Waals surface area contributed by atoms with Crippen molar-refractivity contribution < 1.29 is 23.8 Å². The Morgan fingerprint density at radius 1 is 1.39 bits per heavy atom. The zero-order chi connectivity index (χ0) is 13.1. The highest BCUT2D eigenvalue weighted by molar-refractivity contribution is 6.40. The molecule has 2 rings (SSSR count). The minimum atomic E-state index is -0.849. The first kappa shape index (κ1) is 12.4. The molecule has 1 aliphatic heterocycles. The summed E-state index contributed by atoms with van der Waals surface area (Å²) in [6.45, 7) is 2.39. The fourth-order valence-corrected chi connectivity index (χ4v) is 1.87. The third-order valence-electron chi connectivity index (χ3n) is 2.69. The number of rotatable bonds is 4. The van der Waals surface area contributed by atoms with Gasteiger partial charge < -0.3 is 14.2 Å². The van der Waals surface area contributed by atoms with E-state index in [0.29, 0.717) is 24.5 Å². The zero-order valence-electron chi connectivity index (χ0n) is 10.3. The Bertz CT molecular complexity index is 492. The Morgan fingerprint density at radius 2 is 2.17 bits per heavy atom. The van der Waals surface area contributed by atoms with E-state index in [2.05, 4.69) is 0 Å². The molecule has 0 N–H and O–H groups in total. The predicted molar refractivity (Wildman–Crippen MR) is 63.2 cm³/mol. The van der Waals surface area contributed by atoms with Gasteiger partial charge in [0, 0.05) is 17.5 Å². The Kier molecular flexibility index (Phi) is 3.50. The summed E-state index contributed by atoms with van der Waals surface area (Å²) in [6, 6.07) is 3.16. The maximum atomic E-state index is 11.8. The summed E-state index contributed by atoms with van der Waals surface area (Å²) in [5.74, 6) is -0.390. The molecule has 5 nitrogen and oxygen atoms in total. The molecule has 1 aromatic carbocycles. The summed E-state index contributed by atoms with van der Waals surface area (Å²) < 4.78 is 15.3. The fraction of sp³-hybridized carbons (Fsp3) is 0.385. The third kappa shape index (κ3) is 2.16. The van der Waals surface area contributed by atoms with Crippen LogP contribution in [0.3, 0.4) is 0 Å². The van der Waals surface area contributed by atoms with Crippen molar-refractivity contribution in [1.82, 2.24) is 0 Å². The molecule has 96 valence electrons. The van der Waals surface area contributed by atoms with Crippen LogP contribution in [0, 0.1) is 0 Å². The molecule has 0 aromatic heterocycles. The van der Waals surface area contributed by atoms with Crippen molar-refractivity contribution in [3.63, 3.8) is 0 Å². The van der Waals surface area contributed by atoms with E-state index in [-0.39, 0.29) is 12.2 Å². The lowest BCUT2D eigenvalue weighted by Crippen LogP contribution is -2.17. The average molecular weight is 250 g/mol. The van der Waals surface area contributed by atoms with Crippen LogP contribution in [0.15, 0.2) is 12.1 Å². The predicted octanol–water partition coefficient (Wildman–Crippen LogP) is 1.38. The number of esters is 1. The summed E-state index contributed by atoms with van der Waals surface area (Å²) in [5.41, 5.74) is 1.15. The first-order valence-electron chi connectivity index (χ1n) is 5.72. The van der Waals surface area contributed by atoms with Gasteiger partial charge in [-0.15, -0.1) is 0 Å². The van der Waals surface area contributed by atoms with Crippen LogP contribution in [-0.2, 0) is 16.0 Å². The van der Waals surface area contributed by atoms with Gasteiger partial charge in [0.15, 0.2) is 11.5 Å². The van der Waals surface area contributed by atoms with Gasteiger partial charge in [-0.25, -0.2) is 4.79 Å². The molecule has 0 bridgehead atoms. The van der Waals surface area contributed by atoms with Crippen LogP contribution in [0.2, 0.25) is 0 Å². The third-order valence-corrected chi connectivity index (χ3v) is 2.69. The molecule has 1 aliphatic rings. The van der Waals surface area contributed by atoms with Crippen molar-refractivity contribution in [3.8, 4) is 11.5 Å². The Balaban J connectivity index is 2.35. The van der Waals surface area contributed by atoms with Crippen LogP contribution in [0.25, 0.3) is 0 Å². The quantitative estimate of drug-likeness (QED) is 0.459. The maximum absolute atomic E-state index is 11.8. The van der Waals surface area contributed by atoms with Crippen molar-refractivity contribution >= 4 is 11.8 Å². The highest BCUT2D eigenvalue weighted by Crippen LogP contribution is 2.36. The summed E-state index contributed by atoms with van der Waals surface area (Å²) in [7, 11) is 1.50. The number of methoxy groups -OCH3 is 1. The number of fused-ring (bicyclic) bond motifs is 1. The standard InChI is InChI=1S/C13H14O5/c1-3-17-13(15)11(14)9-6-8-4-5-18-12(8)10(7-9)16-2/h6-7H,3-5H2,1-2H3. The average Bonchev–Trinajstić information content (AvgIpc) is 2.85. The van der Waals surface area contributed by atoms with Gasteiger partial charge in [0.25, 0.3) is 5.78 Å². The van der Waals surface area contributed by atoms with E-state index in [1.165, 1.54) is 13.2 Å². The molecule has 0 spiro atoms. The van der Waals surface area contributed by atoms with Crippen LogP contribution in [0.4, 0.5) is 0 Å². The maximum Gasteiger partial charge on any atom is 0.379 e. The van der Waals surface area contributed by atoms with Gasteiger partial charge in [0.1, 0.15) is 0 Å². The van der Waals surface area contributed by atoms with E-state index < -0.39 is 11.8 Å². The smallest absolute Gasteiger partial charge is 0.379 e. The normalized spacial score (nSPS) is 12.6. The van der Waals surface area contributed by atoms with E-state index in [0.717, 1.165) is 5.56 Å². The summed E-state index contributed by atoms with van der Waals surface area (Å²) >= 11 is 0. The van der Waals surface area contributed by atoms with Gasteiger partial charge in [-0.3, -0.25) is 4.79 Å². The minimum absolute atomic E-state index is 0.176. The highest BCUT2D eigenvalue weighted by atomic mass is 16.5. The van der Waals surface area contributed by atoms with Gasteiger partial charge in [-0.05, 0) is 19.1 Å². The number of ketones is 1. The van der Waals surface area contributed by atoms with Crippen LogP contribution < -0.4 is 9.47 Å². The number of carbonyl (C=O) groups is 2.